The molecule has 0 saturated carbocycles. The maximum atomic E-state index is 13.5. The third kappa shape index (κ3) is 2.40. The van der Waals surface area contributed by atoms with Gasteiger partial charge >= 0.3 is 0 Å². The number of hydrogen-bond donors (Lipinski definition) is 0. The van der Waals surface area contributed by atoms with Crippen LogP contribution in [0.4, 0.5) is 4.39 Å². The summed E-state index contributed by atoms with van der Waals surface area (Å²) in [5, 5.41) is 0. The van der Waals surface area contributed by atoms with Crippen molar-refractivity contribution in [2.24, 2.45) is 0 Å². The van der Waals surface area contributed by atoms with Crippen LogP contribution >= 0.6 is 0 Å². The average molecular weight is 366 g/mol. The van der Waals surface area contributed by atoms with Crippen molar-refractivity contribution in [2.75, 3.05) is 19.7 Å². The van der Waals surface area contributed by atoms with E-state index in [4.69, 9.17) is 4.74 Å². The van der Waals surface area contributed by atoms with Gasteiger partial charge in [0.2, 0.25) is 5.91 Å². The zero-order chi connectivity index (χ0) is 18.6. The Morgan fingerprint density at radius 2 is 1.89 bits per heavy atom. The highest BCUT2D eigenvalue weighted by Gasteiger charge is 2.62. The molecule has 0 aromatic heterocycles. The van der Waals surface area contributed by atoms with E-state index in [9.17, 15) is 14.0 Å². The van der Waals surface area contributed by atoms with Crippen LogP contribution in [-0.2, 0) is 9.53 Å². The standard InChI is InChI=1S/C21H19FN2O3/c22-17-6-2-4-15(12-17)14-3-1-5-16(11-14)20(26)23-8-7-21-18(23)13-19(25)24(21)9-10-27-21/h1-6,11-12,18H,7-10,13H2/t18-,21+/m1/s1. The SMILES string of the molecule is O=C(c1cccc(-c2cccc(F)c2)c1)N1CC[C@@]23OCCN2C(=O)C[C@@H]13. The predicted octanol–water partition coefficient (Wildman–Crippen LogP) is 2.67. The van der Waals surface area contributed by atoms with Crippen molar-refractivity contribution in [3.05, 3.63) is 59.9 Å². The van der Waals surface area contributed by atoms with Gasteiger partial charge < -0.3 is 14.5 Å². The van der Waals surface area contributed by atoms with Crippen molar-refractivity contribution in [2.45, 2.75) is 24.6 Å². The van der Waals surface area contributed by atoms with Gasteiger partial charge in [-0.3, -0.25) is 9.59 Å². The fraction of sp³-hybridized carbons (Fsp3) is 0.333. The highest BCUT2D eigenvalue weighted by molar-refractivity contribution is 5.97. The summed E-state index contributed by atoms with van der Waals surface area (Å²) in [6.07, 6.45) is 0.966. The molecule has 1 spiro atoms. The molecule has 27 heavy (non-hydrogen) atoms. The van der Waals surface area contributed by atoms with Crippen molar-refractivity contribution in [3.63, 3.8) is 0 Å². The van der Waals surface area contributed by atoms with E-state index in [1.54, 1.807) is 34.1 Å². The van der Waals surface area contributed by atoms with Crippen molar-refractivity contribution in [1.82, 2.24) is 9.80 Å². The second-order valence-corrected chi connectivity index (χ2v) is 7.30. The molecule has 0 radical (unpaired) electrons. The quantitative estimate of drug-likeness (QED) is 0.821. The van der Waals surface area contributed by atoms with Gasteiger partial charge in [0.1, 0.15) is 5.82 Å². The molecule has 3 heterocycles. The summed E-state index contributed by atoms with van der Waals surface area (Å²) in [6, 6.07) is 13.3. The van der Waals surface area contributed by atoms with Gasteiger partial charge in [-0.25, -0.2) is 4.39 Å². The molecule has 0 bridgehead atoms. The Bertz CT molecular complexity index is 947. The summed E-state index contributed by atoms with van der Waals surface area (Å²) in [5.41, 5.74) is 1.42. The Hall–Kier alpha value is -2.73. The normalized spacial score (nSPS) is 26.4. The third-order valence-electron chi connectivity index (χ3n) is 5.93. The van der Waals surface area contributed by atoms with E-state index in [0.29, 0.717) is 38.1 Å². The van der Waals surface area contributed by atoms with Gasteiger partial charge in [0, 0.05) is 25.1 Å². The fourth-order valence-electron chi connectivity index (χ4n) is 4.70. The number of amides is 2. The minimum atomic E-state index is -0.632. The molecule has 0 unspecified atom stereocenters. The lowest BCUT2D eigenvalue weighted by atomic mass is 10.0. The molecule has 2 amide bonds. The molecule has 3 aliphatic heterocycles. The van der Waals surface area contributed by atoms with Crippen molar-refractivity contribution in [3.8, 4) is 11.1 Å². The Balaban J connectivity index is 1.45. The van der Waals surface area contributed by atoms with Gasteiger partial charge in [-0.2, -0.15) is 0 Å². The average Bonchev–Trinajstić information content (AvgIpc) is 3.32. The number of likely N-dealkylation sites (tertiary alicyclic amines) is 1. The van der Waals surface area contributed by atoms with E-state index in [2.05, 4.69) is 0 Å². The number of nitrogens with zero attached hydrogens (tertiary/aromatic N) is 2. The van der Waals surface area contributed by atoms with Crippen LogP contribution in [0.1, 0.15) is 23.2 Å². The second kappa shape index (κ2) is 5.89. The summed E-state index contributed by atoms with van der Waals surface area (Å²) in [4.78, 5) is 29.1. The third-order valence-corrected chi connectivity index (χ3v) is 5.93. The van der Waals surface area contributed by atoms with E-state index in [1.165, 1.54) is 12.1 Å². The summed E-state index contributed by atoms with van der Waals surface area (Å²) < 4.78 is 19.5. The fourth-order valence-corrected chi connectivity index (χ4v) is 4.70. The molecule has 138 valence electrons. The molecule has 0 aliphatic carbocycles. The first kappa shape index (κ1) is 16.4. The van der Waals surface area contributed by atoms with E-state index < -0.39 is 5.72 Å². The highest BCUT2D eigenvalue weighted by atomic mass is 19.1. The van der Waals surface area contributed by atoms with Crippen molar-refractivity contribution >= 4 is 11.8 Å². The van der Waals surface area contributed by atoms with Crippen LogP contribution < -0.4 is 0 Å². The number of halogens is 1. The molecule has 5 nitrogen and oxygen atoms in total. The maximum Gasteiger partial charge on any atom is 0.254 e. The monoisotopic (exact) mass is 366 g/mol. The van der Waals surface area contributed by atoms with Crippen LogP contribution in [0.3, 0.4) is 0 Å². The van der Waals surface area contributed by atoms with Crippen molar-refractivity contribution < 1.29 is 18.7 Å². The second-order valence-electron chi connectivity index (χ2n) is 7.30. The zero-order valence-corrected chi connectivity index (χ0v) is 14.7. The van der Waals surface area contributed by atoms with Gasteiger partial charge in [-0.05, 0) is 35.4 Å². The molecule has 6 heteroatoms. The molecule has 3 saturated heterocycles. The molecule has 2 aromatic carbocycles. The van der Waals surface area contributed by atoms with Crippen molar-refractivity contribution in [1.29, 1.82) is 0 Å². The van der Waals surface area contributed by atoms with Crippen LogP contribution in [0.5, 0.6) is 0 Å². The first-order valence-electron chi connectivity index (χ1n) is 9.20. The molecular weight excluding hydrogens is 347 g/mol. The predicted molar refractivity (Wildman–Crippen MR) is 96.3 cm³/mol. The van der Waals surface area contributed by atoms with Gasteiger partial charge in [0.05, 0.1) is 19.1 Å². The summed E-state index contributed by atoms with van der Waals surface area (Å²) in [7, 11) is 0. The number of ether oxygens (including phenoxy) is 1. The van der Waals surface area contributed by atoms with Crippen LogP contribution in [0, 0.1) is 5.82 Å². The lowest BCUT2D eigenvalue weighted by molar-refractivity contribution is -0.136. The van der Waals surface area contributed by atoms with Gasteiger partial charge in [-0.1, -0.05) is 24.3 Å². The first-order chi connectivity index (χ1) is 13.1. The first-order valence-corrected chi connectivity index (χ1v) is 9.20. The molecule has 2 aromatic rings. The zero-order valence-electron chi connectivity index (χ0n) is 14.7. The Morgan fingerprint density at radius 1 is 1.11 bits per heavy atom. The smallest absolute Gasteiger partial charge is 0.254 e. The van der Waals surface area contributed by atoms with Crippen LogP contribution in [0.15, 0.2) is 48.5 Å². The number of hydrogen-bond acceptors (Lipinski definition) is 3. The molecule has 3 aliphatic rings. The number of rotatable bonds is 2. The van der Waals surface area contributed by atoms with E-state index in [1.807, 2.05) is 12.1 Å². The minimum Gasteiger partial charge on any atom is -0.351 e. The van der Waals surface area contributed by atoms with Crippen LogP contribution in [0.25, 0.3) is 11.1 Å². The number of benzene rings is 2. The molecule has 3 fully saturated rings. The molecule has 0 N–H and O–H groups in total. The molecule has 2 atom stereocenters. The summed E-state index contributed by atoms with van der Waals surface area (Å²) >= 11 is 0. The molecule has 5 rings (SSSR count). The number of carbonyl (C=O) groups excluding carboxylic acids is 2. The van der Waals surface area contributed by atoms with Crippen LogP contribution in [-0.4, -0.2) is 53.1 Å². The lowest BCUT2D eigenvalue weighted by Crippen LogP contribution is -2.48. The minimum absolute atomic E-state index is 0.0588. The van der Waals surface area contributed by atoms with Gasteiger partial charge in [0.25, 0.3) is 5.91 Å². The lowest BCUT2D eigenvalue weighted by Gasteiger charge is -2.31. The van der Waals surface area contributed by atoms with Crippen LogP contribution in [0.2, 0.25) is 0 Å². The van der Waals surface area contributed by atoms with Gasteiger partial charge in [-0.15, -0.1) is 0 Å². The Morgan fingerprint density at radius 3 is 2.70 bits per heavy atom. The van der Waals surface area contributed by atoms with E-state index >= 15 is 0 Å². The summed E-state index contributed by atoms with van der Waals surface area (Å²) in [5.74, 6) is -0.363. The largest absolute Gasteiger partial charge is 0.351 e. The Labute approximate surface area is 156 Å². The highest BCUT2D eigenvalue weighted by Crippen LogP contribution is 2.46. The van der Waals surface area contributed by atoms with Gasteiger partial charge in [0.15, 0.2) is 5.72 Å². The number of carbonyl (C=O) groups is 2. The maximum absolute atomic E-state index is 13.5. The molecular formula is C21H19FN2O3. The summed E-state index contributed by atoms with van der Waals surface area (Å²) in [6.45, 7) is 1.70. The Kier molecular flexibility index (Phi) is 3.59. The van der Waals surface area contributed by atoms with E-state index in [0.717, 1.165) is 11.1 Å². The topological polar surface area (TPSA) is 49.9 Å². The van der Waals surface area contributed by atoms with E-state index in [-0.39, 0.29) is 23.7 Å².